The van der Waals surface area contributed by atoms with Gasteiger partial charge in [-0.25, -0.2) is 4.98 Å². The van der Waals surface area contributed by atoms with Crippen LogP contribution in [0.25, 0.3) is 17.1 Å². The molecule has 7 heteroatoms. The largest absolute Gasteiger partial charge is 0.349 e. The van der Waals surface area contributed by atoms with Gasteiger partial charge in [0.05, 0.1) is 11.0 Å². The van der Waals surface area contributed by atoms with E-state index in [0.29, 0.717) is 17.6 Å². The molecule has 3 aromatic rings. The first kappa shape index (κ1) is 22.7. The molecule has 0 saturated heterocycles. The Morgan fingerprint density at radius 1 is 1.09 bits per heavy atom. The number of benzene rings is 2. The molecule has 2 aromatic carbocycles. The molecule has 2 N–H and O–H groups in total. The number of fused-ring (bicyclic) bond motifs is 1. The van der Waals surface area contributed by atoms with Crippen LogP contribution in [-0.4, -0.2) is 51.9 Å². The molecule has 0 atom stereocenters. The number of para-hydroxylation sites is 2. The normalized spacial score (nSPS) is 13.7. The summed E-state index contributed by atoms with van der Waals surface area (Å²) in [6.45, 7) is 7.88. The number of imidazole rings is 1. The summed E-state index contributed by atoms with van der Waals surface area (Å²) in [5.41, 5.74) is 3.34. The molecule has 2 amide bonds. The number of anilines is 1. The van der Waals surface area contributed by atoms with Crippen molar-refractivity contribution in [3.63, 3.8) is 0 Å². The van der Waals surface area contributed by atoms with Crippen molar-refractivity contribution in [1.29, 1.82) is 0 Å². The number of nitrogens with one attached hydrogen (secondary N) is 2. The number of hydrogen-bond acceptors (Lipinski definition) is 4. The zero-order valence-electron chi connectivity index (χ0n) is 19.3. The van der Waals surface area contributed by atoms with Crippen molar-refractivity contribution >= 4 is 34.9 Å². The topological polar surface area (TPSA) is 79.3 Å². The van der Waals surface area contributed by atoms with Gasteiger partial charge in [-0.3, -0.25) is 14.9 Å². The van der Waals surface area contributed by atoms with Crippen LogP contribution >= 0.6 is 0 Å². The number of aromatic nitrogens is 2. The highest BCUT2D eigenvalue weighted by Crippen LogP contribution is 2.21. The third kappa shape index (κ3) is 5.87. The van der Waals surface area contributed by atoms with Crippen LogP contribution in [0.3, 0.4) is 0 Å². The molecule has 0 radical (unpaired) electrons. The third-order valence-corrected chi connectivity index (χ3v) is 5.94. The van der Waals surface area contributed by atoms with Crippen LogP contribution in [0.15, 0.2) is 54.6 Å². The van der Waals surface area contributed by atoms with E-state index in [0.717, 1.165) is 55.6 Å². The fourth-order valence-electron chi connectivity index (χ4n) is 3.74. The summed E-state index contributed by atoms with van der Waals surface area (Å²) in [4.78, 5) is 31.7. The lowest BCUT2D eigenvalue weighted by Crippen LogP contribution is -2.27. The highest BCUT2D eigenvalue weighted by molar-refractivity contribution is 6.02. The zero-order valence-corrected chi connectivity index (χ0v) is 19.3. The quantitative estimate of drug-likeness (QED) is 0.464. The minimum atomic E-state index is -0.245. The number of amides is 2. The average molecular weight is 446 g/mol. The van der Waals surface area contributed by atoms with Crippen molar-refractivity contribution in [2.24, 2.45) is 0 Å². The Morgan fingerprint density at radius 2 is 1.82 bits per heavy atom. The van der Waals surface area contributed by atoms with Gasteiger partial charge in [-0.15, -0.1) is 0 Å². The van der Waals surface area contributed by atoms with E-state index in [1.807, 2.05) is 36.4 Å². The number of nitrogens with zero attached hydrogens (tertiary/aromatic N) is 3. The smallest absolute Gasteiger partial charge is 0.251 e. The number of carbonyl (C=O) groups is 2. The summed E-state index contributed by atoms with van der Waals surface area (Å²) in [5, 5.41) is 5.91. The van der Waals surface area contributed by atoms with Crippen LogP contribution in [0, 0.1) is 0 Å². The van der Waals surface area contributed by atoms with Gasteiger partial charge < -0.3 is 14.8 Å². The van der Waals surface area contributed by atoms with Crippen molar-refractivity contribution in [3.05, 3.63) is 65.7 Å². The van der Waals surface area contributed by atoms with Gasteiger partial charge in [-0.05, 0) is 61.8 Å². The molecular formula is C26H31N5O2. The van der Waals surface area contributed by atoms with Gasteiger partial charge in [0.15, 0.2) is 0 Å². The molecule has 4 rings (SSSR count). The lowest BCUT2D eigenvalue weighted by molar-refractivity contribution is -0.111. The van der Waals surface area contributed by atoms with Crippen molar-refractivity contribution < 1.29 is 9.59 Å². The summed E-state index contributed by atoms with van der Waals surface area (Å²) >= 11 is 0. The van der Waals surface area contributed by atoms with Crippen molar-refractivity contribution in [2.45, 2.75) is 39.3 Å². The third-order valence-electron chi connectivity index (χ3n) is 5.94. The van der Waals surface area contributed by atoms with Gasteiger partial charge in [0.25, 0.3) is 11.8 Å². The standard InChI is InChI=1S/C26H31N5O2/c1-3-30(4-2)17-18-31-23-8-6-5-7-22(23)28-26(31)29-24(32)16-11-19-9-12-20(13-10-19)25(33)27-21-14-15-21/h5-13,16,21H,3-4,14-15,17-18H2,1-2H3,(H,27,33)(H,28,29,32)/b16-11+. The van der Waals surface area contributed by atoms with Crippen LogP contribution in [0.5, 0.6) is 0 Å². The van der Waals surface area contributed by atoms with Gasteiger partial charge in [0.1, 0.15) is 0 Å². The molecule has 0 bridgehead atoms. The number of hydrogen-bond donors (Lipinski definition) is 2. The van der Waals surface area contributed by atoms with Crippen LogP contribution < -0.4 is 10.6 Å². The second kappa shape index (κ2) is 10.4. The van der Waals surface area contributed by atoms with Gasteiger partial charge in [-0.2, -0.15) is 0 Å². The minimum absolute atomic E-state index is 0.0469. The number of carbonyl (C=O) groups excluding carboxylic acids is 2. The van der Waals surface area contributed by atoms with Crippen LogP contribution in [-0.2, 0) is 11.3 Å². The van der Waals surface area contributed by atoms with Gasteiger partial charge in [-0.1, -0.05) is 38.1 Å². The lowest BCUT2D eigenvalue weighted by Gasteiger charge is -2.19. The lowest BCUT2D eigenvalue weighted by atomic mass is 10.1. The Balaban J connectivity index is 1.43. The van der Waals surface area contributed by atoms with E-state index in [4.69, 9.17) is 0 Å². The van der Waals surface area contributed by atoms with E-state index in [1.165, 1.54) is 6.08 Å². The minimum Gasteiger partial charge on any atom is -0.349 e. The van der Waals surface area contributed by atoms with E-state index in [2.05, 4.69) is 38.9 Å². The highest BCUT2D eigenvalue weighted by Gasteiger charge is 2.23. The Morgan fingerprint density at radius 3 is 2.52 bits per heavy atom. The fourth-order valence-corrected chi connectivity index (χ4v) is 3.74. The average Bonchev–Trinajstić information content (AvgIpc) is 3.58. The Labute approximate surface area is 194 Å². The molecule has 1 aliphatic rings. The molecule has 0 aliphatic heterocycles. The number of likely N-dealkylation sites (N-methyl/N-ethyl adjacent to an activating group) is 1. The van der Waals surface area contributed by atoms with Crippen LogP contribution in [0.4, 0.5) is 5.95 Å². The predicted octanol–water partition coefficient (Wildman–Crippen LogP) is 3.92. The molecule has 1 aliphatic carbocycles. The molecule has 1 aromatic heterocycles. The Bertz CT molecular complexity index is 1140. The molecule has 1 heterocycles. The summed E-state index contributed by atoms with van der Waals surface area (Å²) in [5.74, 6) is 0.254. The second-order valence-electron chi connectivity index (χ2n) is 8.29. The molecule has 33 heavy (non-hydrogen) atoms. The first-order valence-corrected chi connectivity index (χ1v) is 11.6. The van der Waals surface area contributed by atoms with E-state index in [1.54, 1.807) is 18.2 Å². The Hall–Kier alpha value is -3.45. The van der Waals surface area contributed by atoms with E-state index in [9.17, 15) is 9.59 Å². The van der Waals surface area contributed by atoms with Crippen LogP contribution in [0.2, 0.25) is 0 Å². The Kier molecular flexibility index (Phi) is 7.19. The zero-order chi connectivity index (χ0) is 23.2. The van der Waals surface area contributed by atoms with Crippen molar-refractivity contribution in [2.75, 3.05) is 25.0 Å². The van der Waals surface area contributed by atoms with E-state index in [-0.39, 0.29) is 11.8 Å². The predicted molar refractivity (Wildman–Crippen MR) is 132 cm³/mol. The summed E-state index contributed by atoms with van der Waals surface area (Å²) in [6.07, 6.45) is 5.35. The van der Waals surface area contributed by atoms with Crippen LogP contribution in [0.1, 0.15) is 42.6 Å². The van der Waals surface area contributed by atoms with E-state index >= 15 is 0 Å². The van der Waals surface area contributed by atoms with E-state index < -0.39 is 0 Å². The second-order valence-corrected chi connectivity index (χ2v) is 8.29. The summed E-state index contributed by atoms with van der Waals surface area (Å²) in [7, 11) is 0. The SMILES string of the molecule is CCN(CC)CCn1c(NC(=O)/C=C/c2ccc(C(=O)NC3CC3)cc2)nc2ccccc21. The summed E-state index contributed by atoms with van der Waals surface area (Å²) < 4.78 is 2.06. The van der Waals surface area contributed by atoms with Crippen molar-refractivity contribution in [1.82, 2.24) is 19.8 Å². The molecule has 0 spiro atoms. The molecule has 172 valence electrons. The first-order chi connectivity index (χ1) is 16.1. The molecule has 1 fully saturated rings. The highest BCUT2D eigenvalue weighted by atomic mass is 16.2. The fraction of sp³-hybridized carbons (Fsp3) is 0.346. The summed E-state index contributed by atoms with van der Waals surface area (Å²) in [6, 6.07) is 15.5. The maximum Gasteiger partial charge on any atom is 0.251 e. The monoisotopic (exact) mass is 445 g/mol. The molecule has 1 saturated carbocycles. The molecule has 7 nitrogen and oxygen atoms in total. The maximum absolute atomic E-state index is 12.6. The van der Waals surface area contributed by atoms with Gasteiger partial charge in [0, 0.05) is 30.8 Å². The van der Waals surface area contributed by atoms with Gasteiger partial charge in [0.2, 0.25) is 5.95 Å². The maximum atomic E-state index is 12.6. The molecular weight excluding hydrogens is 414 g/mol. The van der Waals surface area contributed by atoms with Gasteiger partial charge >= 0.3 is 0 Å². The first-order valence-electron chi connectivity index (χ1n) is 11.6. The van der Waals surface area contributed by atoms with Crippen molar-refractivity contribution in [3.8, 4) is 0 Å². The number of rotatable bonds is 10. The molecule has 0 unspecified atom stereocenters.